The van der Waals surface area contributed by atoms with Crippen molar-refractivity contribution < 1.29 is 0 Å². The Morgan fingerprint density at radius 3 is 2.95 bits per heavy atom. The molecule has 3 aromatic heterocycles. The van der Waals surface area contributed by atoms with Gasteiger partial charge >= 0.3 is 0 Å². The van der Waals surface area contributed by atoms with Gasteiger partial charge in [0.05, 0.1) is 23.8 Å². The van der Waals surface area contributed by atoms with Crippen LogP contribution in [0.15, 0.2) is 18.5 Å². The van der Waals surface area contributed by atoms with E-state index < -0.39 is 0 Å². The van der Waals surface area contributed by atoms with Gasteiger partial charge in [-0.2, -0.15) is 20.2 Å². The quantitative estimate of drug-likeness (QED) is 0.636. The van der Waals surface area contributed by atoms with E-state index >= 15 is 0 Å². The van der Waals surface area contributed by atoms with Crippen LogP contribution in [0.2, 0.25) is 0 Å². The third-order valence-electron chi connectivity index (χ3n) is 3.05. The lowest BCUT2D eigenvalue weighted by Gasteiger charge is -2.08. The molecule has 8 heteroatoms. The first-order valence-corrected chi connectivity index (χ1v) is 6.93. The highest BCUT2D eigenvalue weighted by atomic mass is 15.3. The number of hydrogen-bond donors (Lipinski definition) is 3. The lowest BCUT2D eigenvalue weighted by molar-refractivity contribution is 0.747. The van der Waals surface area contributed by atoms with E-state index in [1.807, 2.05) is 19.3 Å². The minimum absolute atomic E-state index is 0.595. The summed E-state index contributed by atoms with van der Waals surface area (Å²) in [6.45, 7) is 3.53. The molecule has 0 radical (unpaired) electrons. The summed E-state index contributed by atoms with van der Waals surface area (Å²) in [4.78, 5) is 8.90. The minimum Gasteiger partial charge on any atom is -0.364 e. The lowest BCUT2D eigenvalue weighted by atomic mass is 10.3. The molecule has 0 saturated carbocycles. The molecule has 0 atom stereocenters. The average molecular weight is 286 g/mol. The van der Waals surface area contributed by atoms with Gasteiger partial charge in [-0.1, -0.05) is 6.92 Å². The molecular weight excluding hydrogens is 268 g/mol. The summed E-state index contributed by atoms with van der Waals surface area (Å²) in [5.41, 5.74) is 1.67. The number of aromatic nitrogens is 6. The highest BCUT2D eigenvalue weighted by Crippen LogP contribution is 2.20. The summed E-state index contributed by atoms with van der Waals surface area (Å²) in [5, 5.41) is 18.6. The fourth-order valence-corrected chi connectivity index (χ4v) is 2.02. The van der Waals surface area contributed by atoms with Gasteiger partial charge in [-0.25, -0.2) is 0 Å². The molecule has 0 aliphatic carbocycles. The monoisotopic (exact) mass is 286 g/mol. The van der Waals surface area contributed by atoms with Crippen molar-refractivity contribution >= 4 is 22.8 Å². The van der Waals surface area contributed by atoms with Crippen molar-refractivity contribution in [3.63, 3.8) is 0 Å². The summed E-state index contributed by atoms with van der Waals surface area (Å²) in [6, 6.07) is 1.97. The molecule has 110 valence electrons. The number of H-pyrrole nitrogens is 1. The standard InChI is InChI=1S/C13H18N8/c1-3-5-14-13-17-11(10-8-16-19-12(10)18-13)15-7-9-4-6-21(2)20-9/h4,6,8H,3,5,7H2,1-2H3,(H3,14,15,16,17,18,19). The molecule has 0 amide bonds. The molecule has 0 aliphatic rings. The van der Waals surface area contributed by atoms with Crippen LogP contribution in [0.1, 0.15) is 19.0 Å². The van der Waals surface area contributed by atoms with Crippen molar-refractivity contribution in [2.75, 3.05) is 17.2 Å². The van der Waals surface area contributed by atoms with Gasteiger partial charge in [0.15, 0.2) is 5.65 Å². The molecule has 0 spiro atoms. The number of anilines is 2. The fraction of sp³-hybridized carbons (Fsp3) is 0.385. The van der Waals surface area contributed by atoms with Crippen molar-refractivity contribution in [1.82, 2.24) is 29.9 Å². The molecule has 0 fully saturated rings. The number of aryl methyl sites for hydroxylation is 1. The van der Waals surface area contributed by atoms with Gasteiger partial charge in [-0.3, -0.25) is 9.78 Å². The second kappa shape index (κ2) is 5.78. The molecule has 0 aromatic carbocycles. The second-order valence-electron chi connectivity index (χ2n) is 4.79. The molecule has 3 aromatic rings. The third kappa shape index (κ3) is 2.93. The summed E-state index contributed by atoms with van der Waals surface area (Å²) in [5.74, 6) is 1.34. The molecule has 21 heavy (non-hydrogen) atoms. The van der Waals surface area contributed by atoms with Gasteiger partial charge in [0, 0.05) is 19.8 Å². The van der Waals surface area contributed by atoms with Gasteiger partial charge in [-0.15, -0.1) is 0 Å². The number of aromatic amines is 1. The van der Waals surface area contributed by atoms with Crippen LogP contribution in [0.5, 0.6) is 0 Å². The maximum Gasteiger partial charge on any atom is 0.226 e. The Morgan fingerprint density at radius 1 is 1.29 bits per heavy atom. The molecule has 3 N–H and O–H groups in total. The number of hydrogen-bond acceptors (Lipinski definition) is 6. The molecule has 0 bridgehead atoms. The van der Waals surface area contributed by atoms with E-state index in [0.29, 0.717) is 18.1 Å². The zero-order valence-electron chi connectivity index (χ0n) is 12.1. The highest BCUT2D eigenvalue weighted by Gasteiger charge is 2.09. The van der Waals surface area contributed by atoms with Crippen LogP contribution < -0.4 is 10.6 Å². The van der Waals surface area contributed by atoms with Crippen LogP contribution in [-0.2, 0) is 13.6 Å². The average Bonchev–Trinajstić information content (AvgIpc) is 3.11. The van der Waals surface area contributed by atoms with Crippen LogP contribution in [0.4, 0.5) is 11.8 Å². The predicted molar refractivity (Wildman–Crippen MR) is 81.0 cm³/mol. The van der Waals surface area contributed by atoms with Gasteiger partial charge < -0.3 is 10.6 Å². The largest absolute Gasteiger partial charge is 0.364 e. The van der Waals surface area contributed by atoms with Crippen LogP contribution in [0.3, 0.4) is 0 Å². The lowest BCUT2D eigenvalue weighted by Crippen LogP contribution is -2.08. The second-order valence-corrected chi connectivity index (χ2v) is 4.79. The van der Waals surface area contributed by atoms with Crippen molar-refractivity contribution in [3.8, 4) is 0 Å². The summed E-state index contributed by atoms with van der Waals surface area (Å²) in [7, 11) is 1.90. The van der Waals surface area contributed by atoms with Gasteiger partial charge in [0.1, 0.15) is 5.82 Å². The summed E-state index contributed by atoms with van der Waals surface area (Å²) >= 11 is 0. The first kappa shape index (κ1) is 13.3. The highest BCUT2D eigenvalue weighted by molar-refractivity contribution is 5.86. The van der Waals surface area contributed by atoms with Crippen molar-refractivity contribution in [1.29, 1.82) is 0 Å². The molecular formula is C13H18N8. The van der Waals surface area contributed by atoms with Crippen LogP contribution in [0.25, 0.3) is 11.0 Å². The van der Waals surface area contributed by atoms with Gasteiger partial charge in [-0.05, 0) is 12.5 Å². The number of rotatable bonds is 6. The Balaban J connectivity index is 1.83. The van der Waals surface area contributed by atoms with Crippen LogP contribution in [-0.4, -0.2) is 36.5 Å². The first-order chi connectivity index (χ1) is 10.3. The van der Waals surface area contributed by atoms with E-state index in [4.69, 9.17) is 0 Å². The molecule has 3 heterocycles. The van der Waals surface area contributed by atoms with Crippen molar-refractivity contribution in [2.45, 2.75) is 19.9 Å². The number of nitrogens with one attached hydrogen (secondary N) is 3. The maximum absolute atomic E-state index is 4.50. The van der Waals surface area contributed by atoms with E-state index in [1.165, 1.54) is 0 Å². The zero-order chi connectivity index (χ0) is 14.7. The number of fused-ring (bicyclic) bond motifs is 1. The maximum atomic E-state index is 4.50. The molecule has 0 aliphatic heterocycles. The Hall–Kier alpha value is -2.64. The predicted octanol–water partition coefficient (Wildman–Crippen LogP) is 1.52. The van der Waals surface area contributed by atoms with Crippen molar-refractivity contribution in [2.24, 2.45) is 7.05 Å². The SMILES string of the molecule is CCCNc1nc(NCc2ccn(C)n2)c2cn[nH]c2n1. The van der Waals surface area contributed by atoms with Crippen LogP contribution >= 0.6 is 0 Å². The van der Waals surface area contributed by atoms with E-state index in [0.717, 1.165) is 29.9 Å². The Morgan fingerprint density at radius 2 is 2.19 bits per heavy atom. The fourth-order valence-electron chi connectivity index (χ4n) is 2.02. The van der Waals surface area contributed by atoms with E-state index in [1.54, 1.807) is 10.9 Å². The Bertz CT molecular complexity index is 729. The molecule has 0 saturated heterocycles. The molecule has 3 rings (SSSR count). The summed E-state index contributed by atoms with van der Waals surface area (Å²) < 4.78 is 1.78. The zero-order valence-corrected chi connectivity index (χ0v) is 12.1. The van der Waals surface area contributed by atoms with Gasteiger partial charge in [0.2, 0.25) is 5.95 Å². The minimum atomic E-state index is 0.595. The first-order valence-electron chi connectivity index (χ1n) is 6.93. The van der Waals surface area contributed by atoms with E-state index in [9.17, 15) is 0 Å². The molecule has 8 nitrogen and oxygen atoms in total. The van der Waals surface area contributed by atoms with E-state index in [2.05, 4.69) is 42.8 Å². The van der Waals surface area contributed by atoms with Crippen LogP contribution in [0, 0.1) is 0 Å². The Labute approximate surface area is 122 Å². The van der Waals surface area contributed by atoms with Gasteiger partial charge in [0.25, 0.3) is 0 Å². The topological polar surface area (TPSA) is 96.3 Å². The smallest absolute Gasteiger partial charge is 0.226 e. The normalized spacial score (nSPS) is 11.0. The third-order valence-corrected chi connectivity index (χ3v) is 3.05. The molecule has 0 unspecified atom stereocenters. The number of nitrogens with zero attached hydrogens (tertiary/aromatic N) is 5. The summed E-state index contributed by atoms with van der Waals surface area (Å²) in [6.07, 6.45) is 4.65. The van der Waals surface area contributed by atoms with Crippen molar-refractivity contribution in [3.05, 3.63) is 24.2 Å². The Kier molecular flexibility index (Phi) is 3.67. The van der Waals surface area contributed by atoms with E-state index in [-0.39, 0.29) is 0 Å².